The van der Waals surface area contributed by atoms with Gasteiger partial charge in [0.15, 0.2) is 10.8 Å². The van der Waals surface area contributed by atoms with E-state index in [1.165, 1.54) is 11.8 Å². The Bertz CT molecular complexity index is 756. The second-order valence-electron chi connectivity index (χ2n) is 4.53. The van der Waals surface area contributed by atoms with Crippen LogP contribution in [0.25, 0.3) is 5.65 Å². The molecule has 0 unspecified atom stereocenters. The first-order valence-electron chi connectivity index (χ1n) is 6.56. The second-order valence-corrected chi connectivity index (χ2v) is 5.83. The molecule has 0 saturated heterocycles. The van der Waals surface area contributed by atoms with E-state index in [2.05, 4.69) is 15.5 Å². The Morgan fingerprint density at radius 2 is 1.90 bits per heavy atom. The van der Waals surface area contributed by atoms with Crippen LogP contribution in [0, 0.1) is 0 Å². The second kappa shape index (κ2) is 5.97. The number of benzene rings is 1. The molecule has 1 N–H and O–H groups in total. The Morgan fingerprint density at radius 3 is 2.71 bits per heavy atom. The van der Waals surface area contributed by atoms with Crippen LogP contribution in [-0.2, 0) is 4.79 Å². The number of carbonyl (C=O) groups is 1. The number of hydrogen-bond acceptors (Lipinski definition) is 4. The Kier molecular flexibility index (Phi) is 3.87. The van der Waals surface area contributed by atoms with E-state index in [0.717, 1.165) is 11.3 Å². The molecule has 0 radical (unpaired) electrons. The molecule has 1 amide bonds. The number of hydrogen-bond donors (Lipinski definition) is 1. The first-order chi connectivity index (χ1) is 10.2. The maximum absolute atomic E-state index is 12.2. The normalized spacial score (nSPS) is 12.2. The van der Waals surface area contributed by atoms with Crippen molar-refractivity contribution in [1.29, 1.82) is 0 Å². The number of carbonyl (C=O) groups excluding carboxylic acids is 1. The van der Waals surface area contributed by atoms with Crippen molar-refractivity contribution in [2.24, 2.45) is 0 Å². The van der Waals surface area contributed by atoms with E-state index < -0.39 is 0 Å². The Labute approximate surface area is 126 Å². The summed E-state index contributed by atoms with van der Waals surface area (Å²) in [4.78, 5) is 12.2. The molecule has 3 rings (SSSR count). The number of aromatic nitrogens is 3. The zero-order valence-electron chi connectivity index (χ0n) is 11.4. The van der Waals surface area contributed by atoms with Gasteiger partial charge in [0.05, 0.1) is 5.25 Å². The number of nitrogens with one attached hydrogen (secondary N) is 1. The van der Waals surface area contributed by atoms with Crippen molar-refractivity contribution in [3.8, 4) is 0 Å². The molecule has 0 aliphatic rings. The largest absolute Gasteiger partial charge is 0.325 e. The summed E-state index contributed by atoms with van der Waals surface area (Å²) >= 11 is 1.38. The van der Waals surface area contributed by atoms with Gasteiger partial charge in [-0.15, -0.1) is 10.2 Å². The van der Waals surface area contributed by atoms with Crippen LogP contribution in [0.15, 0.2) is 59.9 Å². The highest BCUT2D eigenvalue weighted by Gasteiger charge is 2.17. The van der Waals surface area contributed by atoms with Gasteiger partial charge in [0, 0.05) is 11.9 Å². The number of thioether (sulfide) groups is 1. The molecule has 3 aromatic rings. The fourth-order valence-electron chi connectivity index (χ4n) is 1.88. The van der Waals surface area contributed by atoms with Gasteiger partial charge in [0.2, 0.25) is 5.91 Å². The molecule has 1 atom stereocenters. The van der Waals surface area contributed by atoms with Gasteiger partial charge < -0.3 is 5.32 Å². The van der Waals surface area contributed by atoms with Crippen molar-refractivity contribution in [1.82, 2.24) is 14.6 Å². The minimum atomic E-state index is -0.266. The van der Waals surface area contributed by atoms with E-state index in [1.54, 1.807) is 0 Å². The molecule has 0 bridgehead atoms. The van der Waals surface area contributed by atoms with Gasteiger partial charge in [-0.1, -0.05) is 36.0 Å². The third-order valence-electron chi connectivity index (χ3n) is 2.98. The quantitative estimate of drug-likeness (QED) is 0.752. The summed E-state index contributed by atoms with van der Waals surface area (Å²) in [5.41, 5.74) is 1.57. The number of amides is 1. The zero-order chi connectivity index (χ0) is 14.7. The van der Waals surface area contributed by atoms with Gasteiger partial charge in [-0.2, -0.15) is 0 Å². The van der Waals surface area contributed by atoms with Gasteiger partial charge in [-0.3, -0.25) is 9.20 Å². The van der Waals surface area contributed by atoms with Crippen LogP contribution in [0.4, 0.5) is 5.69 Å². The summed E-state index contributed by atoms with van der Waals surface area (Å²) in [6, 6.07) is 15.1. The standard InChI is InChI=1S/C15H14N4OS/c1-11(14(20)16-12-7-3-2-4-8-12)21-15-18-17-13-9-5-6-10-19(13)15/h2-11H,1H3,(H,16,20)/t11-/m1/s1. The molecule has 106 valence electrons. The molecular weight excluding hydrogens is 284 g/mol. The van der Waals surface area contributed by atoms with Crippen molar-refractivity contribution >= 4 is 29.0 Å². The van der Waals surface area contributed by atoms with E-state index in [0.29, 0.717) is 5.16 Å². The number of para-hydroxylation sites is 1. The Balaban J connectivity index is 1.71. The molecule has 0 aliphatic carbocycles. The lowest BCUT2D eigenvalue weighted by molar-refractivity contribution is -0.115. The lowest BCUT2D eigenvalue weighted by Gasteiger charge is -2.10. The maximum Gasteiger partial charge on any atom is 0.237 e. The van der Waals surface area contributed by atoms with Crippen LogP contribution < -0.4 is 5.32 Å². The van der Waals surface area contributed by atoms with E-state index in [-0.39, 0.29) is 11.2 Å². The van der Waals surface area contributed by atoms with Crippen LogP contribution in [0.5, 0.6) is 0 Å². The molecule has 2 heterocycles. The molecule has 6 heteroatoms. The third kappa shape index (κ3) is 3.05. The topological polar surface area (TPSA) is 59.3 Å². The highest BCUT2D eigenvalue weighted by molar-refractivity contribution is 8.00. The van der Waals surface area contributed by atoms with Gasteiger partial charge in [-0.25, -0.2) is 0 Å². The Hall–Kier alpha value is -2.34. The van der Waals surface area contributed by atoms with E-state index in [9.17, 15) is 4.79 Å². The van der Waals surface area contributed by atoms with Crippen molar-refractivity contribution in [3.63, 3.8) is 0 Å². The van der Waals surface area contributed by atoms with Crippen molar-refractivity contribution in [2.75, 3.05) is 5.32 Å². The number of pyridine rings is 1. The average Bonchev–Trinajstić information content (AvgIpc) is 2.91. The fourth-order valence-corrected chi connectivity index (χ4v) is 2.71. The first-order valence-corrected chi connectivity index (χ1v) is 7.44. The maximum atomic E-state index is 12.2. The van der Waals surface area contributed by atoms with Gasteiger partial charge >= 0.3 is 0 Å². The molecule has 0 spiro atoms. The summed E-state index contributed by atoms with van der Waals surface area (Å²) in [5, 5.41) is 11.5. The zero-order valence-corrected chi connectivity index (χ0v) is 12.2. The smallest absolute Gasteiger partial charge is 0.237 e. The number of anilines is 1. The minimum Gasteiger partial charge on any atom is -0.325 e. The number of rotatable bonds is 4. The van der Waals surface area contributed by atoms with Crippen LogP contribution >= 0.6 is 11.8 Å². The predicted molar refractivity (Wildman–Crippen MR) is 83.4 cm³/mol. The molecule has 5 nitrogen and oxygen atoms in total. The van der Waals surface area contributed by atoms with E-state index >= 15 is 0 Å². The third-order valence-corrected chi connectivity index (χ3v) is 4.03. The molecule has 1 aromatic carbocycles. The molecule has 2 aromatic heterocycles. The fraction of sp³-hybridized carbons (Fsp3) is 0.133. The lowest BCUT2D eigenvalue weighted by Crippen LogP contribution is -2.22. The summed E-state index contributed by atoms with van der Waals surface area (Å²) in [6.07, 6.45) is 1.89. The minimum absolute atomic E-state index is 0.0566. The summed E-state index contributed by atoms with van der Waals surface area (Å²) in [6.45, 7) is 1.85. The summed E-state index contributed by atoms with van der Waals surface area (Å²) in [5.74, 6) is -0.0566. The number of nitrogens with zero attached hydrogens (tertiary/aromatic N) is 3. The molecular formula is C15H14N4OS. The first kappa shape index (κ1) is 13.6. The monoisotopic (exact) mass is 298 g/mol. The molecule has 21 heavy (non-hydrogen) atoms. The van der Waals surface area contributed by atoms with E-state index in [1.807, 2.05) is 66.1 Å². The summed E-state index contributed by atoms with van der Waals surface area (Å²) in [7, 11) is 0. The molecule has 0 aliphatic heterocycles. The van der Waals surface area contributed by atoms with E-state index in [4.69, 9.17) is 0 Å². The number of fused-ring (bicyclic) bond motifs is 1. The lowest BCUT2D eigenvalue weighted by atomic mass is 10.3. The van der Waals surface area contributed by atoms with Gasteiger partial charge in [0.25, 0.3) is 0 Å². The summed E-state index contributed by atoms with van der Waals surface area (Å²) < 4.78 is 1.87. The van der Waals surface area contributed by atoms with Crippen molar-refractivity contribution in [2.45, 2.75) is 17.3 Å². The highest BCUT2D eigenvalue weighted by atomic mass is 32.2. The van der Waals surface area contributed by atoms with Crippen LogP contribution in [0.3, 0.4) is 0 Å². The van der Waals surface area contributed by atoms with Crippen molar-refractivity contribution in [3.05, 3.63) is 54.7 Å². The van der Waals surface area contributed by atoms with Crippen LogP contribution in [0.2, 0.25) is 0 Å². The van der Waals surface area contributed by atoms with Crippen molar-refractivity contribution < 1.29 is 4.79 Å². The van der Waals surface area contributed by atoms with Crippen LogP contribution in [0.1, 0.15) is 6.92 Å². The predicted octanol–water partition coefficient (Wildman–Crippen LogP) is 2.85. The molecule has 0 saturated carbocycles. The Morgan fingerprint density at radius 1 is 1.14 bits per heavy atom. The van der Waals surface area contributed by atoms with Gasteiger partial charge in [0.1, 0.15) is 0 Å². The molecule has 0 fully saturated rings. The average molecular weight is 298 g/mol. The van der Waals surface area contributed by atoms with Gasteiger partial charge in [-0.05, 0) is 31.2 Å². The SMILES string of the molecule is C[C@@H](Sc1nnc2ccccn12)C(=O)Nc1ccccc1. The van der Waals surface area contributed by atoms with Crippen LogP contribution in [-0.4, -0.2) is 25.8 Å². The highest BCUT2D eigenvalue weighted by Crippen LogP contribution is 2.23.